The molecule has 0 aliphatic heterocycles. The lowest BCUT2D eigenvalue weighted by atomic mass is 10.1. The summed E-state index contributed by atoms with van der Waals surface area (Å²) in [5.74, 6) is -0.234. The van der Waals surface area contributed by atoms with Crippen molar-refractivity contribution in [2.45, 2.75) is 18.9 Å². The fourth-order valence-electron chi connectivity index (χ4n) is 2.11. The molecule has 0 aliphatic rings. The number of ketones is 1. The number of amides is 1. The molecule has 2 aromatic rings. The topological polar surface area (TPSA) is 55.4 Å². The van der Waals surface area contributed by atoms with E-state index in [2.05, 4.69) is 5.32 Å². The normalized spacial score (nSPS) is 11.9. The van der Waals surface area contributed by atoms with E-state index < -0.39 is 0 Å². The van der Waals surface area contributed by atoms with Crippen molar-refractivity contribution in [3.05, 3.63) is 57.2 Å². The summed E-state index contributed by atoms with van der Waals surface area (Å²) < 4.78 is 5.96. The molecule has 0 saturated carbocycles. The number of thiophene rings is 1. The van der Waals surface area contributed by atoms with E-state index in [4.69, 9.17) is 16.3 Å². The first kappa shape index (κ1) is 17.7. The summed E-state index contributed by atoms with van der Waals surface area (Å²) in [6.45, 7) is 0.373. The molecule has 1 unspecified atom stereocenters. The fourth-order valence-corrected chi connectivity index (χ4v) is 3.12. The molecule has 0 radical (unpaired) electrons. The van der Waals surface area contributed by atoms with Gasteiger partial charge < -0.3 is 10.1 Å². The molecular weight excluding hydrogens is 334 g/mol. The molecule has 1 aromatic carbocycles. The Balaban J connectivity index is 1.77. The van der Waals surface area contributed by atoms with Gasteiger partial charge in [-0.25, -0.2) is 0 Å². The molecule has 0 saturated heterocycles. The lowest BCUT2D eigenvalue weighted by Crippen LogP contribution is -2.29. The summed E-state index contributed by atoms with van der Waals surface area (Å²) in [7, 11) is 1.61. The number of carbonyl (C=O) groups excluding carboxylic acids is 2. The third kappa shape index (κ3) is 5.46. The van der Waals surface area contributed by atoms with E-state index in [1.807, 2.05) is 30.3 Å². The Labute approximate surface area is 144 Å². The van der Waals surface area contributed by atoms with E-state index in [9.17, 15) is 9.59 Å². The van der Waals surface area contributed by atoms with Crippen LogP contribution in [0.15, 0.2) is 42.5 Å². The molecule has 4 nitrogen and oxygen atoms in total. The molecule has 1 aromatic heterocycles. The Morgan fingerprint density at radius 3 is 2.52 bits per heavy atom. The van der Waals surface area contributed by atoms with E-state index >= 15 is 0 Å². The fraction of sp³-hybridized carbons (Fsp3) is 0.294. The van der Waals surface area contributed by atoms with E-state index in [0.717, 1.165) is 5.56 Å². The minimum atomic E-state index is -0.202. The van der Waals surface area contributed by atoms with Crippen molar-refractivity contribution in [2.24, 2.45) is 0 Å². The highest BCUT2D eigenvalue weighted by molar-refractivity contribution is 7.18. The van der Waals surface area contributed by atoms with Gasteiger partial charge in [0.1, 0.15) is 0 Å². The summed E-state index contributed by atoms with van der Waals surface area (Å²) in [6.07, 6.45) is 0.123. The zero-order valence-electron chi connectivity index (χ0n) is 12.8. The van der Waals surface area contributed by atoms with E-state index in [1.165, 1.54) is 11.3 Å². The molecule has 122 valence electrons. The highest BCUT2D eigenvalue weighted by Crippen LogP contribution is 2.23. The first-order chi connectivity index (χ1) is 11.1. The van der Waals surface area contributed by atoms with Gasteiger partial charge in [0, 0.05) is 26.5 Å². The minimum absolute atomic E-state index is 0.0663. The molecule has 1 heterocycles. The van der Waals surface area contributed by atoms with Gasteiger partial charge in [0.05, 0.1) is 15.3 Å². The van der Waals surface area contributed by atoms with Gasteiger partial charge in [0.2, 0.25) is 5.91 Å². The maximum Gasteiger partial charge on any atom is 0.220 e. The van der Waals surface area contributed by atoms with E-state index in [0.29, 0.717) is 15.8 Å². The maximum absolute atomic E-state index is 11.9. The third-order valence-corrected chi connectivity index (χ3v) is 4.64. The van der Waals surface area contributed by atoms with Crippen LogP contribution < -0.4 is 5.32 Å². The molecule has 23 heavy (non-hydrogen) atoms. The summed E-state index contributed by atoms with van der Waals surface area (Å²) in [6, 6.07) is 13.0. The van der Waals surface area contributed by atoms with Crippen molar-refractivity contribution in [3.8, 4) is 0 Å². The number of carbonyl (C=O) groups is 2. The zero-order valence-corrected chi connectivity index (χ0v) is 14.3. The zero-order chi connectivity index (χ0) is 16.7. The van der Waals surface area contributed by atoms with Crippen LogP contribution >= 0.6 is 22.9 Å². The van der Waals surface area contributed by atoms with Crippen LogP contribution in [0.4, 0.5) is 0 Å². The largest absolute Gasteiger partial charge is 0.375 e. The molecule has 1 amide bonds. The van der Waals surface area contributed by atoms with E-state index in [-0.39, 0.29) is 30.6 Å². The van der Waals surface area contributed by atoms with Crippen LogP contribution in [0.1, 0.15) is 34.2 Å². The molecule has 6 heteroatoms. The SMILES string of the molecule is COC(CNC(=O)CCC(=O)c1ccc(Cl)s1)c1ccccc1. The molecule has 0 aliphatic carbocycles. The summed E-state index contributed by atoms with van der Waals surface area (Å²) in [5.41, 5.74) is 1.000. The number of hydrogen-bond donors (Lipinski definition) is 1. The lowest BCUT2D eigenvalue weighted by molar-refractivity contribution is -0.121. The number of ether oxygens (including phenoxy) is 1. The van der Waals surface area contributed by atoms with E-state index in [1.54, 1.807) is 19.2 Å². The van der Waals surface area contributed by atoms with Crippen molar-refractivity contribution in [1.29, 1.82) is 0 Å². The second kappa shape index (κ2) is 8.82. The lowest BCUT2D eigenvalue weighted by Gasteiger charge is -2.16. The number of benzene rings is 1. The number of methoxy groups -OCH3 is 1. The highest BCUT2D eigenvalue weighted by atomic mass is 35.5. The number of halogens is 1. The number of nitrogens with one attached hydrogen (secondary N) is 1. The number of hydrogen-bond acceptors (Lipinski definition) is 4. The Hall–Kier alpha value is -1.69. The Bertz CT molecular complexity index is 657. The second-order valence-electron chi connectivity index (χ2n) is 4.97. The summed E-state index contributed by atoms with van der Waals surface area (Å²) >= 11 is 7.03. The maximum atomic E-state index is 11.9. The quantitative estimate of drug-likeness (QED) is 0.734. The van der Waals surface area contributed by atoms with Gasteiger partial charge in [-0.2, -0.15) is 0 Å². The molecule has 2 rings (SSSR count). The predicted octanol–water partition coefficient (Wildman–Crippen LogP) is 3.87. The molecule has 0 fully saturated rings. The first-order valence-electron chi connectivity index (χ1n) is 7.23. The van der Waals surface area contributed by atoms with Crippen LogP contribution in [0, 0.1) is 0 Å². The average Bonchev–Trinajstić information content (AvgIpc) is 3.01. The van der Waals surface area contributed by atoms with Crippen molar-refractivity contribution in [2.75, 3.05) is 13.7 Å². The van der Waals surface area contributed by atoms with Gasteiger partial charge in [-0.05, 0) is 17.7 Å². The average molecular weight is 352 g/mol. The standard InChI is InChI=1S/C17H18ClNO3S/c1-22-14(12-5-3-2-4-6-12)11-19-17(21)10-7-13(20)15-8-9-16(18)23-15/h2-6,8-9,14H,7,10-11H2,1H3,(H,19,21). The molecule has 1 N–H and O–H groups in total. The predicted molar refractivity (Wildman–Crippen MR) is 92.1 cm³/mol. The Morgan fingerprint density at radius 2 is 1.91 bits per heavy atom. The van der Waals surface area contributed by atoms with Gasteiger partial charge in [-0.15, -0.1) is 11.3 Å². The third-order valence-electron chi connectivity index (χ3n) is 3.37. The Morgan fingerprint density at radius 1 is 1.17 bits per heavy atom. The van der Waals surface area contributed by atoms with Gasteiger partial charge in [0.25, 0.3) is 0 Å². The van der Waals surface area contributed by atoms with Gasteiger partial charge in [-0.1, -0.05) is 41.9 Å². The van der Waals surface area contributed by atoms with Crippen LogP contribution in [0.2, 0.25) is 4.34 Å². The van der Waals surface area contributed by atoms with Crippen molar-refractivity contribution in [1.82, 2.24) is 5.32 Å². The van der Waals surface area contributed by atoms with Crippen molar-refractivity contribution >= 4 is 34.6 Å². The van der Waals surface area contributed by atoms with Crippen molar-refractivity contribution in [3.63, 3.8) is 0 Å². The van der Waals surface area contributed by atoms with Crippen LogP contribution in [0.5, 0.6) is 0 Å². The van der Waals surface area contributed by atoms with Crippen LogP contribution in [-0.4, -0.2) is 25.3 Å². The van der Waals surface area contributed by atoms with Crippen LogP contribution in [0.3, 0.4) is 0 Å². The minimum Gasteiger partial charge on any atom is -0.375 e. The Kier molecular flexibility index (Phi) is 6.77. The highest BCUT2D eigenvalue weighted by Gasteiger charge is 2.14. The smallest absolute Gasteiger partial charge is 0.220 e. The molecule has 1 atom stereocenters. The monoisotopic (exact) mass is 351 g/mol. The summed E-state index contributed by atoms with van der Waals surface area (Å²) in [5, 5.41) is 2.81. The molecule has 0 spiro atoms. The van der Waals surface area contributed by atoms with Crippen LogP contribution in [-0.2, 0) is 9.53 Å². The second-order valence-corrected chi connectivity index (χ2v) is 6.68. The molecule has 0 bridgehead atoms. The van der Waals surface area contributed by atoms with Crippen molar-refractivity contribution < 1.29 is 14.3 Å². The van der Waals surface area contributed by atoms with Gasteiger partial charge >= 0.3 is 0 Å². The first-order valence-corrected chi connectivity index (χ1v) is 8.42. The van der Waals surface area contributed by atoms with Crippen LogP contribution in [0.25, 0.3) is 0 Å². The van der Waals surface area contributed by atoms with Gasteiger partial charge in [-0.3, -0.25) is 9.59 Å². The summed E-state index contributed by atoms with van der Waals surface area (Å²) in [4.78, 5) is 24.4. The van der Waals surface area contributed by atoms with Gasteiger partial charge in [0.15, 0.2) is 5.78 Å². The number of rotatable bonds is 8. The number of Topliss-reactive ketones (excluding diaryl/α,β-unsaturated/α-hetero) is 1. The molecular formula is C17H18ClNO3S.